The van der Waals surface area contributed by atoms with Crippen molar-refractivity contribution in [3.05, 3.63) is 103 Å². The summed E-state index contributed by atoms with van der Waals surface area (Å²) in [5, 5.41) is 11.2. The van der Waals surface area contributed by atoms with E-state index in [0.717, 1.165) is 10.1 Å². The van der Waals surface area contributed by atoms with Gasteiger partial charge in [-0.15, -0.1) is 0 Å². The van der Waals surface area contributed by atoms with Crippen LogP contribution in [0.3, 0.4) is 0 Å². The molecule has 1 N–H and O–H groups in total. The number of imidazole rings is 1. The minimum atomic E-state index is -0.609. The Kier molecular flexibility index (Phi) is 5.16. The van der Waals surface area contributed by atoms with Gasteiger partial charge in [-0.3, -0.25) is 18.7 Å². The summed E-state index contributed by atoms with van der Waals surface area (Å²) in [6.45, 7) is 2.10. The molecule has 2 aromatic carbocycles. The Morgan fingerprint density at radius 2 is 1.56 bits per heavy atom. The molecule has 9 nitrogen and oxygen atoms in total. The second-order valence-electron chi connectivity index (χ2n) is 8.17. The lowest BCUT2D eigenvalue weighted by molar-refractivity contribution is 0.433. The van der Waals surface area contributed by atoms with Crippen molar-refractivity contribution in [3.63, 3.8) is 0 Å². The number of hydrogen-bond acceptors (Lipinski definition) is 5. The summed E-state index contributed by atoms with van der Waals surface area (Å²) in [5.74, 6) is -0.238. The maximum absolute atomic E-state index is 13.4. The molecule has 0 aliphatic heterocycles. The Balaban J connectivity index is 1.99. The highest BCUT2D eigenvalue weighted by molar-refractivity contribution is 5.78. The minimum absolute atomic E-state index is 0.0256. The van der Waals surface area contributed by atoms with Crippen molar-refractivity contribution in [2.45, 2.75) is 26.3 Å². The van der Waals surface area contributed by atoms with Crippen molar-refractivity contribution in [3.8, 4) is 11.6 Å². The number of nitrogens with zero attached hydrogens (tertiary/aromatic N) is 5. The van der Waals surface area contributed by atoms with Crippen LogP contribution < -0.4 is 16.8 Å². The smallest absolute Gasteiger partial charge is 0.337 e. The molecule has 0 fully saturated rings. The van der Waals surface area contributed by atoms with E-state index in [1.54, 1.807) is 24.3 Å². The Bertz CT molecular complexity index is 1710. The number of aromatic nitrogens is 5. The van der Waals surface area contributed by atoms with Crippen LogP contribution in [0.25, 0.3) is 22.6 Å². The summed E-state index contributed by atoms with van der Waals surface area (Å²) >= 11 is 0. The number of rotatable bonds is 5. The van der Waals surface area contributed by atoms with Crippen LogP contribution in [0.15, 0.2) is 75.0 Å². The van der Waals surface area contributed by atoms with Crippen LogP contribution in [-0.4, -0.2) is 28.2 Å². The maximum Gasteiger partial charge on any atom is 0.337 e. The number of fused-ring (bicyclic) bond motifs is 3. The Labute approximate surface area is 193 Å². The van der Waals surface area contributed by atoms with Gasteiger partial charge in [0.2, 0.25) is 11.7 Å². The van der Waals surface area contributed by atoms with E-state index < -0.39 is 11.2 Å². The van der Waals surface area contributed by atoms with Crippen LogP contribution >= 0.6 is 0 Å². The zero-order chi connectivity index (χ0) is 24.0. The van der Waals surface area contributed by atoms with Gasteiger partial charge in [0, 0.05) is 7.05 Å². The maximum atomic E-state index is 13.4. The summed E-state index contributed by atoms with van der Waals surface area (Å²) in [6.07, 6.45) is 0.951. The van der Waals surface area contributed by atoms with Crippen molar-refractivity contribution >= 4 is 16.9 Å². The van der Waals surface area contributed by atoms with Crippen LogP contribution in [-0.2, 0) is 20.0 Å². The van der Waals surface area contributed by atoms with Gasteiger partial charge in [0.15, 0.2) is 11.2 Å². The average molecular weight is 457 g/mol. The predicted octanol–water partition coefficient (Wildman–Crippen LogP) is 2.21. The normalized spacial score (nSPS) is 11.5. The number of hydrogen-bond donors (Lipinski definition) is 1. The number of para-hydroxylation sites is 1. The fourth-order valence-corrected chi connectivity index (χ4v) is 4.28. The van der Waals surface area contributed by atoms with Gasteiger partial charge in [0.25, 0.3) is 11.1 Å². The van der Waals surface area contributed by atoms with E-state index in [1.807, 2.05) is 43.3 Å². The summed E-state index contributed by atoms with van der Waals surface area (Å²) < 4.78 is 5.04. The van der Waals surface area contributed by atoms with Crippen LogP contribution in [0.4, 0.5) is 0 Å². The van der Waals surface area contributed by atoms with Gasteiger partial charge >= 0.3 is 5.69 Å². The van der Waals surface area contributed by atoms with E-state index in [2.05, 4.69) is 4.98 Å². The summed E-state index contributed by atoms with van der Waals surface area (Å²) in [4.78, 5) is 44.4. The highest BCUT2D eigenvalue weighted by Gasteiger charge is 2.25. The van der Waals surface area contributed by atoms with Gasteiger partial charge in [-0.2, -0.15) is 4.98 Å². The molecule has 0 aliphatic carbocycles. The molecule has 172 valence electrons. The molecule has 0 amide bonds. The van der Waals surface area contributed by atoms with E-state index in [0.29, 0.717) is 18.5 Å². The zero-order valence-corrected chi connectivity index (χ0v) is 18.8. The molecule has 0 saturated carbocycles. The topological polar surface area (TPSA) is 104 Å². The lowest BCUT2D eigenvalue weighted by Crippen LogP contribution is -2.37. The molecule has 3 aromatic heterocycles. The molecule has 3 heterocycles. The molecular formula is C25H23N5O4. The molecule has 0 unspecified atom stereocenters. The summed E-state index contributed by atoms with van der Waals surface area (Å²) in [6, 6.07) is 18.2. The third-order valence-corrected chi connectivity index (χ3v) is 5.96. The molecule has 34 heavy (non-hydrogen) atoms. The molecule has 5 aromatic rings. The first kappa shape index (κ1) is 21.4. The van der Waals surface area contributed by atoms with Crippen molar-refractivity contribution in [2.75, 3.05) is 0 Å². The van der Waals surface area contributed by atoms with Gasteiger partial charge in [-0.25, -0.2) is 13.8 Å². The lowest BCUT2D eigenvalue weighted by Gasteiger charge is -2.13. The van der Waals surface area contributed by atoms with Crippen molar-refractivity contribution in [1.82, 2.24) is 23.1 Å². The fraction of sp³-hybridized carbons (Fsp3) is 0.200. The zero-order valence-electron chi connectivity index (χ0n) is 18.8. The first-order chi connectivity index (χ1) is 16.4. The van der Waals surface area contributed by atoms with Gasteiger partial charge in [-0.1, -0.05) is 61.9 Å². The Hall–Kier alpha value is -4.40. The van der Waals surface area contributed by atoms with Crippen molar-refractivity contribution in [1.29, 1.82) is 0 Å². The Morgan fingerprint density at radius 1 is 0.912 bits per heavy atom. The van der Waals surface area contributed by atoms with Crippen LogP contribution in [0, 0.1) is 0 Å². The predicted molar refractivity (Wildman–Crippen MR) is 129 cm³/mol. The van der Waals surface area contributed by atoms with Crippen molar-refractivity contribution in [2.24, 2.45) is 7.05 Å². The number of benzene rings is 2. The molecule has 0 aliphatic rings. The van der Waals surface area contributed by atoms with Gasteiger partial charge in [0.1, 0.15) is 0 Å². The molecule has 0 saturated heterocycles. The van der Waals surface area contributed by atoms with Gasteiger partial charge in [-0.05, 0) is 24.1 Å². The largest absolute Gasteiger partial charge is 0.494 e. The molecule has 0 bridgehead atoms. The highest BCUT2D eigenvalue weighted by Crippen LogP contribution is 2.24. The number of aromatic hydroxyl groups is 1. The fourth-order valence-electron chi connectivity index (χ4n) is 4.28. The lowest BCUT2D eigenvalue weighted by atomic mass is 10.1. The van der Waals surface area contributed by atoms with E-state index >= 15 is 0 Å². The van der Waals surface area contributed by atoms with E-state index in [4.69, 9.17) is 0 Å². The quantitative estimate of drug-likeness (QED) is 0.436. The van der Waals surface area contributed by atoms with E-state index in [1.165, 1.54) is 20.6 Å². The van der Waals surface area contributed by atoms with Crippen LogP contribution in [0.1, 0.15) is 24.5 Å². The third-order valence-electron chi connectivity index (χ3n) is 5.96. The standard InChI is InChI=1S/C25H23N5O4/c1-3-10-18-21(31)28(15-16-11-6-4-7-12-16)24-26-20-19(30(24)22(18)32)23(33)27(2)25(34)29(20)17-13-8-5-9-14-17/h4-9,11-14,32H,3,10,15H2,1-2H3. The summed E-state index contributed by atoms with van der Waals surface area (Å²) in [5.41, 5.74) is 0.115. The molecule has 0 radical (unpaired) electrons. The highest BCUT2D eigenvalue weighted by atomic mass is 16.3. The SMILES string of the molecule is CCCc1c(O)n2c3c(=O)n(C)c(=O)n(-c4ccccc4)c3nc2n(Cc2ccccc2)c1=O. The first-order valence-electron chi connectivity index (χ1n) is 11.0. The minimum Gasteiger partial charge on any atom is -0.494 e. The van der Waals surface area contributed by atoms with Gasteiger partial charge < -0.3 is 5.11 Å². The Morgan fingerprint density at radius 3 is 2.21 bits per heavy atom. The van der Waals surface area contributed by atoms with Crippen molar-refractivity contribution < 1.29 is 5.11 Å². The van der Waals surface area contributed by atoms with Crippen LogP contribution in [0.5, 0.6) is 5.88 Å². The second kappa shape index (κ2) is 8.18. The molecule has 0 spiro atoms. The van der Waals surface area contributed by atoms with E-state index in [-0.39, 0.29) is 40.5 Å². The molecular weight excluding hydrogens is 434 g/mol. The molecule has 9 heteroatoms. The van der Waals surface area contributed by atoms with Gasteiger partial charge in [0.05, 0.1) is 17.8 Å². The van der Waals surface area contributed by atoms with Crippen LogP contribution in [0.2, 0.25) is 0 Å². The summed E-state index contributed by atoms with van der Waals surface area (Å²) in [7, 11) is 1.38. The van der Waals surface area contributed by atoms with E-state index in [9.17, 15) is 19.5 Å². The molecule has 0 atom stereocenters. The second-order valence-corrected chi connectivity index (χ2v) is 8.17. The third kappa shape index (κ3) is 3.16. The molecule has 5 rings (SSSR count). The monoisotopic (exact) mass is 457 g/mol. The first-order valence-corrected chi connectivity index (χ1v) is 11.0. The average Bonchev–Trinajstić information content (AvgIpc) is 3.25.